The number of nitroso groups, excluding NO2 is 1. The highest BCUT2D eigenvalue weighted by Crippen LogP contribution is 2.54. The van der Waals surface area contributed by atoms with Crippen molar-refractivity contribution in [3.05, 3.63) is 100.0 Å². The van der Waals surface area contributed by atoms with Crippen LogP contribution in [0.5, 0.6) is 0 Å². The third-order valence-corrected chi connectivity index (χ3v) is 7.29. The second-order valence-electron chi connectivity index (χ2n) is 8.86. The van der Waals surface area contributed by atoms with Gasteiger partial charge in [0.1, 0.15) is 5.69 Å². The fourth-order valence-electron chi connectivity index (χ4n) is 5.39. The number of anilines is 1. The summed E-state index contributed by atoms with van der Waals surface area (Å²) < 4.78 is 0. The maximum atomic E-state index is 11.7. The van der Waals surface area contributed by atoms with Gasteiger partial charge in [-0.1, -0.05) is 74.5 Å². The minimum absolute atomic E-state index is 0.127. The topological polar surface area (TPSA) is 32.7 Å². The van der Waals surface area contributed by atoms with Crippen LogP contribution in [0.15, 0.2) is 78.0 Å². The van der Waals surface area contributed by atoms with E-state index in [9.17, 15) is 4.91 Å². The van der Waals surface area contributed by atoms with Gasteiger partial charge in [0.15, 0.2) is 0 Å². The fourth-order valence-corrected chi connectivity index (χ4v) is 5.39. The van der Waals surface area contributed by atoms with Gasteiger partial charge in [0, 0.05) is 29.6 Å². The molecule has 3 nitrogen and oxygen atoms in total. The van der Waals surface area contributed by atoms with Crippen LogP contribution < -0.4 is 4.90 Å². The van der Waals surface area contributed by atoms with E-state index in [4.69, 9.17) is 0 Å². The smallest absolute Gasteiger partial charge is 0.108 e. The molecule has 146 valence electrons. The molecule has 0 saturated heterocycles. The summed E-state index contributed by atoms with van der Waals surface area (Å²) in [5.74, 6) is 0. The van der Waals surface area contributed by atoms with Crippen molar-refractivity contribution in [1.82, 2.24) is 0 Å². The largest absolute Gasteiger partial charge is 0.371 e. The molecule has 3 aromatic carbocycles. The van der Waals surface area contributed by atoms with Crippen molar-refractivity contribution in [2.75, 3.05) is 18.0 Å². The zero-order valence-electron chi connectivity index (χ0n) is 17.1. The van der Waals surface area contributed by atoms with Crippen molar-refractivity contribution >= 4 is 11.4 Å². The van der Waals surface area contributed by atoms with Gasteiger partial charge in [-0.15, -0.1) is 4.91 Å². The van der Waals surface area contributed by atoms with Crippen molar-refractivity contribution in [1.29, 1.82) is 0 Å². The molecule has 2 aliphatic rings. The molecule has 3 heteroatoms. The van der Waals surface area contributed by atoms with Gasteiger partial charge in [-0.25, -0.2) is 0 Å². The van der Waals surface area contributed by atoms with Gasteiger partial charge >= 0.3 is 0 Å². The van der Waals surface area contributed by atoms with Crippen molar-refractivity contribution in [2.45, 2.75) is 37.5 Å². The molecule has 29 heavy (non-hydrogen) atoms. The standard InChI is InChI=1S/C26H26N2O/c1-25(19-9-5-3-6-10-19)13-15-28-16-14-26(2,20-11-7-4-8-12-20)23-18-21(27-29)17-22(25)24(23)28/h3-12,17-18H,13-16H2,1-2H3. The highest BCUT2D eigenvalue weighted by atomic mass is 16.3. The second kappa shape index (κ2) is 6.55. The first kappa shape index (κ1) is 18.1. The Morgan fingerprint density at radius 2 is 1.21 bits per heavy atom. The van der Waals surface area contributed by atoms with E-state index < -0.39 is 0 Å². The highest BCUT2D eigenvalue weighted by Gasteiger charge is 2.44. The molecule has 2 heterocycles. The van der Waals surface area contributed by atoms with Crippen molar-refractivity contribution < 1.29 is 0 Å². The lowest BCUT2D eigenvalue weighted by molar-refractivity contribution is 0.433. The summed E-state index contributed by atoms with van der Waals surface area (Å²) in [6.45, 7) is 6.70. The van der Waals surface area contributed by atoms with Crippen LogP contribution in [0.25, 0.3) is 0 Å². The van der Waals surface area contributed by atoms with Gasteiger partial charge in [0.25, 0.3) is 0 Å². The second-order valence-corrected chi connectivity index (χ2v) is 8.86. The van der Waals surface area contributed by atoms with Crippen LogP contribution in [0, 0.1) is 4.91 Å². The Labute approximate surface area is 172 Å². The summed E-state index contributed by atoms with van der Waals surface area (Å²) in [7, 11) is 0. The van der Waals surface area contributed by atoms with Crippen LogP contribution in [-0.4, -0.2) is 13.1 Å². The molecule has 0 radical (unpaired) electrons. The summed E-state index contributed by atoms with van der Waals surface area (Å²) in [6.07, 6.45) is 2.07. The monoisotopic (exact) mass is 382 g/mol. The van der Waals surface area contributed by atoms with E-state index in [0.29, 0.717) is 5.69 Å². The average Bonchev–Trinajstić information content (AvgIpc) is 2.79. The molecule has 0 saturated carbocycles. The first-order chi connectivity index (χ1) is 14.1. The van der Waals surface area contributed by atoms with E-state index >= 15 is 0 Å². The molecule has 0 N–H and O–H groups in total. The van der Waals surface area contributed by atoms with E-state index in [-0.39, 0.29) is 10.8 Å². The maximum Gasteiger partial charge on any atom is 0.108 e. The van der Waals surface area contributed by atoms with E-state index in [1.165, 1.54) is 27.9 Å². The molecule has 0 bridgehead atoms. The zero-order valence-corrected chi connectivity index (χ0v) is 17.1. The summed E-state index contributed by atoms with van der Waals surface area (Å²) in [4.78, 5) is 14.2. The molecule has 0 spiro atoms. The lowest BCUT2D eigenvalue weighted by atomic mass is 9.64. The summed E-state index contributed by atoms with van der Waals surface area (Å²) >= 11 is 0. The molecule has 2 atom stereocenters. The quantitative estimate of drug-likeness (QED) is 0.497. The Kier molecular flexibility index (Phi) is 4.09. The zero-order chi connectivity index (χ0) is 20.1. The molecular weight excluding hydrogens is 356 g/mol. The minimum Gasteiger partial charge on any atom is -0.371 e. The van der Waals surface area contributed by atoms with Gasteiger partial charge in [-0.05, 0) is 52.4 Å². The lowest BCUT2D eigenvalue weighted by Crippen LogP contribution is -2.46. The number of hydrogen-bond acceptors (Lipinski definition) is 3. The molecular formula is C26H26N2O. The van der Waals surface area contributed by atoms with E-state index in [1.54, 1.807) is 0 Å². The minimum atomic E-state index is -0.127. The molecule has 2 aliphatic heterocycles. The van der Waals surface area contributed by atoms with Gasteiger partial charge in [-0.3, -0.25) is 0 Å². The predicted octanol–water partition coefficient (Wildman–Crippen LogP) is 6.31. The average molecular weight is 383 g/mol. The molecule has 0 fully saturated rings. The van der Waals surface area contributed by atoms with Gasteiger partial charge in [0.2, 0.25) is 0 Å². The van der Waals surface area contributed by atoms with E-state index in [1.807, 2.05) is 12.1 Å². The SMILES string of the molecule is CC1(c2ccccc2)CCN2CCC(C)(c3ccccc3)c3cc(N=O)cc1c32. The first-order valence-corrected chi connectivity index (χ1v) is 10.4. The molecule has 0 aromatic heterocycles. The van der Waals surface area contributed by atoms with Crippen LogP contribution in [0.3, 0.4) is 0 Å². The first-order valence-electron chi connectivity index (χ1n) is 10.4. The number of nitrogens with zero attached hydrogens (tertiary/aromatic N) is 2. The Bertz CT molecular complexity index is 984. The predicted molar refractivity (Wildman–Crippen MR) is 119 cm³/mol. The Hall–Kier alpha value is -2.94. The Morgan fingerprint density at radius 1 is 0.759 bits per heavy atom. The van der Waals surface area contributed by atoms with Crippen LogP contribution in [0.1, 0.15) is 48.9 Å². The normalized spacial score (nSPS) is 25.4. The molecule has 0 aliphatic carbocycles. The van der Waals surface area contributed by atoms with E-state index in [2.05, 4.69) is 84.6 Å². The van der Waals surface area contributed by atoms with Crippen LogP contribution >= 0.6 is 0 Å². The van der Waals surface area contributed by atoms with E-state index in [0.717, 1.165) is 25.9 Å². The van der Waals surface area contributed by atoms with Gasteiger partial charge in [0.05, 0.1) is 0 Å². The number of hydrogen-bond donors (Lipinski definition) is 0. The molecule has 3 aromatic rings. The third kappa shape index (κ3) is 2.64. The Balaban J connectivity index is 1.79. The molecule has 2 unspecified atom stereocenters. The molecule has 0 amide bonds. The summed E-state index contributed by atoms with van der Waals surface area (Å²) in [6, 6.07) is 25.5. The summed E-state index contributed by atoms with van der Waals surface area (Å²) in [5, 5.41) is 3.39. The van der Waals surface area contributed by atoms with Crippen LogP contribution in [-0.2, 0) is 10.8 Å². The number of rotatable bonds is 3. The Morgan fingerprint density at radius 3 is 1.62 bits per heavy atom. The van der Waals surface area contributed by atoms with Crippen molar-refractivity contribution in [3.63, 3.8) is 0 Å². The van der Waals surface area contributed by atoms with Gasteiger partial charge in [-0.2, -0.15) is 0 Å². The molecule has 5 rings (SSSR count). The summed E-state index contributed by atoms with van der Waals surface area (Å²) in [5.41, 5.74) is 6.68. The van der Waals surface area contributed by atoms with Crippen molar-refractivity contribution in [3.8, 4) is 0 Å². The van der Waals surface area contributed by atoms with Crippen LogP contribution in [0.2, 0.25) is 0 Å². The van der Waals surface area contributed by atoms with Crippen LogP contribution in [0.4, 0.5) is 11.4 Å². The third-order valence-electron chi connectivity index (χ3n) is 7.29. The lowest BCUT2D eigenvalue weighted by Gasteiger charge is -2.50. The maximum absolute atomic E-state index is 11.7. The fraction of sp³-hybridized carbons (Fsp3) is 0.308. The van der Waals surface area contributed by atoms with Gasteiger partial charge < -0.3 is 4.90 Å². The highest BCUT2D eigenvalue weighted by molar-refractivity contribution is 5.74. The number of benzene rings is 3. The van der Waals surface area contributed by atoms with Crippen molar-refractivity contribution in [2.24, 2.45) is 5.18 Å².